The van der Waals surface area contributed by atoms with Crippen LogP contribution in [0.15, 0.2) is 35.6 Å². The maximum atomic E-state index is 13.3. The Morgan fingerprint density at radius 1 is 1.39 bits per heavy atom. The first-order chi connectivity index (χ1) is 15.0. The molecule has 2 aromatic rings. The van der Waals surface area contributed by atoms with Gasteiger partial charge in [-0.25, -0.2) is 18.4 Å². The molecule has 0 bridgehead atoms. The quantitative estimate of drug-likeness (QED) is 0.527. The molecule has 1 saturated carbocycles. The minimum absolute atomic E-state index is 0.142. The Morgan fingerprint density at radius 2 is 2.13 bits per heavy atom. The molecule has 1 fully saturated rings. The Balaban J connectivity index is 0.00000132. The molecule has 7 nitrogen and oxygen atoms in total. The summed E-state index contributed by atoms with van der Waals surface area (Å²) in [5, 5.41) is 19.0. The summed E-state index contributed by atoms with van der Waals surface area (Å²) in [6.45, 7) is 1.75. The number of carbonyl (C=O) groups excluding carboxylic acids is 1. The number of rotatable bonds is 6. The summed E-state index contributed by atoms with van der Waals surface area (Å²) >= 11 is 3.04. The van der Waals surface area contributed by atoms with Gasteiger partial charge in [0, 0.05) is 17.3 Å². The third-order valence-corrected chi connectivity index (χ3v) is 5.83. The van der Waals surface area contributed by atoms with Gasteiger partial charge in [0.25, 0.3) is 12.3 Å². The number of benzene rings is 1. The first kappa shape index (κ1) is 23.5. The fourth-order valence-electron chi connectivity index (χ4n) is 3.19. The third kappa shape index (κ3) is 5.58. The monoisotopic (exact) mass is 552 g/mol. The van der Waals surface area contributed by atoms with E-state index in [0.717, 1.165) is 18.4 Å². The van der Waals surface area contributed by atoms with Crippen molar-refractivity contribution in [1.29, 1.82) is 5.26 Å². The molecule has 2 heterocycles. The zero-order valence-electron chi connectivity index (χ0n) is 16.9. The number of nitrogens with zero attached hydrogens (tertiary/aromatic N) is 4. The molecule has 0 spiro atoms. The van der Waals surface area contributed by atoms with E-state index in [4.69, 9.17) is 5.26 Å². The predicted molar refractivity (Wildman–Crippen MR) is 114 cm³/mol. The zero-order chi connectivity index (χ0) is 22.5. The van der Waals surface area contributed by atoms with Crippen LogP contribution in [-0.4, -0.2) is 43.7 Å². The molecule has 2 radical (unpaired) electrons. The topological polar surface area (TPSA) is 95.6 Å². The number of allylic oxidation sites excluding steroid dienone is 1. The number of nitriles is 1. The predicted octanol–water partition coefficient (Wildman–Crippen LogP) is 3.94. The molecule has 11 heteroatoms. The zero-order valence-corrected chi connectivity index (χ0v) is 20.3. The van der Waals surface area contributed by atoms with Gasteiger partial charge in [0.1, 0.15) is 17.3 Å². The molecule has 2 aliphatic rings. The molecule has 1 aliphatic heterocycles. The SMILES string of the molecule is C[C@H](NC(=O)c1cc(C(F)F)cc(C2CC2)c1)c1ncnn1C1NC=C(C#N)S1.[CH3][Sb]. The van der Waals surface area contributed by atoms with Crippen molar-refractivity contribution < 1.29 is 13.6 Å². The van der Waals surface area contributed by atoms with E-state index in [0.29, 0.717) is 10.7 Å². The van der Waals surface area contributed by atoms with Gasteiger partial charge in [-0.3, -0.25) is 4.79 Å². The third-order valence-electron chi connectivity index (χ3n) is 4.80. The Hall–Kier alpha value is -2.11. The van der Waals surface area contributed by atoms with Crippen molar-refractivity contribution >= 4 is 40.7 Å². The van der Waals surface area contributed by atoms with E-state index in [1.165, 1.54) is 30.2 Å². The Bertz CT molecular complexity index is 997. The molecule has 1 amide bonds. The number of hydrogen-bond acceptors (Lipinski definition) is 6. The van der Waals surface area contributed by atoms with E-state index in [1.54, 1.807) is 46.9 Å². The molecule has 2 atom stereocenters. The Morgan fingerprint density at radius 3 is 2.74 bits per heavy atom. The molecule has 162 valence electrons. The van der Waals surface area contributed by atoms with Gasteiger partial charge in [0.15, 0.2) is 11.3 Å². The van der Waals surface area contributed by atoms with Crippen LogP contribution in [0.2, 0.25) is 4.87 Å². The fraction of sp³-hybridized carbons (Fsp3) is 0.400. The van der Waals surface area contributed by atoms with Gasteiger partial charge in [-0.15, -0.1) is 0 Å². The van der Waals surface area contributed by atoms with Crippen molar-refractivity contribution in [3.63, 3.8) is 0 Å². The summed E-state index contributed by atoms with van der Waals surface area (Å²) in [4.78, 5) is 19.5. The average molecular weight is 553 g/mol. The number of amides is 1. The van der Waals surface area contributed by atoms with E-state index in [1.807, 2.05) is 0 Å². The summed E-state index contributed by atoms with van der Waals surface area (Å²) in [6.07, 6.45) is 2.25. The first-order valence-corrected chi connectivity index (χ1v) is 13.0. The summed E-state index contributed by atoms with van der Waals surface area (Å²) in [6, 6.07) is 5.96. The maximum absolute atomic E-state index is 13.3. The number of hydrogen-bond donors (Lipinski definition) is 2. The molecule has 1 unspecified atom stereocenters. The summed E-state index contributed by atoms with van der Waals surface area (Å²) in [5.74, 6) is 0.302. The summed E-state index contributed by atoms with van der Waals surface area (Å²) in [5.41, 5.74) is 0.511. The van der Waals surface area contributed by atoms with Gasteiger partial charge in [-0.2, -0.15) is 10.4 Å². The van der Waals surface area contributed by atoms with Crippen LogP contribution in [0, 0.1) is 11.3 Å². The van der Waals surface area contributed by atoms with Crippen molar-refractivity contribution in [3.8, 4) is 6.07 Å². The van der Waals surface area contributed by atoms with Gasteiger partial charge in [0.2, 0.25) is 0 Å². The van der Waals surface area contributed by atoms with Crippen molar-refractivity contribution in [3.05, 3.63) is 58.1 Å². The van der Waals surface area contributed by atoms with Crippen molar-refractivity contribution in [2.24, 2.45) is 0 Å². The molecule has 1 aromatic carbocycles. The minimum atomic E-state index is -2.63. The molecule has 1 aromatic heterocycles. The molecule has 31 heavy (non-hydrogen) atoms. The molecule has 2 N–H and O–H groups in total. The average Bonchev–Trinajstić information content (AvgIpc) is 3.32. The standard InChI is InChI=1S/C19H18F2N6OS.CH3.Sb/c1-10(17-24-9-25-27(17)19-23-8-15(7-22)29-19)26-18(28)14-5-12(11-2-3-11)4-13(6-14)16(20)21;;/h4-6,8-11,16,19,23H,2-3H2,1H3,(H,26,28);1H3;/t10-,19?;;/m0../s1. The van der Waals surface area contributed by atoms with E-state index in [9.17, 15) is 13.6 Å². The number of thioether (sulfide) groups is 1. The van der Waals surface area contributed by atoms with Gasteiger partial charge in [0.05, 0.1) is 6.04 Å². The Kier molecular flexibility index (Phi) is 7.95. The van der Waals surface area contributed by atoms with E-state index in [-0.39, 0.29) is 22.5 Å². The number of alkyl halides is 2. The van der Waals surface area contributed by atoms with Crippen LogP contribution in [0.3, 0.4) is 0 Å². The summed E-state index contributed by atoms with van der Waals surface area (Å²) < 4.78 is 28.1. The van der Waals surface area contributed by atoms with Crippen LogP contribution < -0.4 is 10.6 Å². The normalized spacial score (nSPS) is 18.4. The fourth-order valence-corrected chi connectivity index (χ4v) is 4.02. The number of carbonyl (C=O) groups is 1. The van der Waals surface area contributed by atoms with Crippen LogP contribution in [0.5, 0.6) is 0 Å². The van der Waals surface area contributed by atoms with E-state index in [2.05, 4.69) is 31.7 Å². The number of halogens is 2. The second-order valence-electron chi connectivity index (χ2n) is 6.98. The second kappa shape index (κ2) is 10.5. The van der Waals surface area contributed by atoms with Crippen LogP contribution >= 0.6 is 11.8 Å². The molecule has 0 saturated heterocycles. The second-order valence-corrected chi connectivity index (χ2v) is 8.10. The van der Waals surface area contributed by atoms with Gasteiger partial charge >= 0.3 is 27.9 Å². The van der Waals surface area contributed by atoms with Crippen LogP contribution in [0.25, 0.3) is 0 Å². The molecule has 1 aliphatic carbocycles. The number of aromatic nitrogens is 3. The van der Waals surface area contributed by atoms with Crippen molar-refractivity contribution in [1.82, 2.24) is 25.4 Å². The van der Waals surface area contributed by atoms with Crippen LogP contribution in [-0.2, 0) is 0 Å². The Labute approximate surface area is 197 Å². The van der Waals surface area contributed by atoms with Gasteiger partial charge < -0.3 is 10.6 Å². The molecule has 4 rings (SSSR count). The van der Waals surface area contributed by atoms with Gasteiger partial charge in [-0.1, -0.05) is 11.8 Å². The van der Waals surface area contributed by atoms with Gasteiger partial charge in [-0.05, 0) is 49.4 Å². The van der Waals surface area contributed by atoms with Crippen LogP contribution in [0.4, 0.5) is 8.78 Å². The number of nitrogens with one attached hydrogen (secondary N) is 2. The van der Waals surface area contributed by atoms with Crippen molar-refractivity contribution in [2.45, 2.75) is 48.5 Å². The van der Waals surface area contributed by atoms with E-state index < -0.39 is 18.4 Å². The molecular formula is C20H21F2N6OSSb. The van der Waals surface area contributed by atoms with E-state index >= 15 is 0 Å². The summed E-state index contributed by atoms with van der Waals surface area (Å²) in [7, 11) is 0. The first-order valence-electron chi connectivity index (χ1n) is 9.57. The molecular weight excluding hydrogens is 532 g/mol. The van der Waals surface area contributed by atoms with Crippen molar-refractivity contribution in [2.75, 3.05) is 0 Å². The van der Waals surface area contributed by atoms with Crippen LogP contribution in [0.1, 0.15) is 71.0 Å².